The molecule has 1 aromatic rings. The lowest BCUT2D eigenvalue weighted by atomic mass is 9.90. The summed E-state index contributed by atoms with van der Waals surface area (Å²) < 4.78 is 36.8. The minimum absolute atomic E-state index is 0.131. The Kier molecular flexibility index (Phi) is 5.39. The number of hydrogen-bond donors (Lipinski definition) is 1. The zero-order valence-corrected chi connectivity index (χ0v) is 13.0. The number of thioether (sulfide) groups is 1. The molecule has 7 heteroatoms. The summed E-state index contributed by atoms with van der Waals surface area (Å²) in [4.78, 5) is 13.4. The molecule has 2 atom stereocenters. The number of carbonyl (C=O) groups is 1. The van der Waals surface area contributed by atoms with E-state index in [4.69, 9.17) is 5.11 Å². The van der Waals surface area contributed by atoms with Gasteiger partial charge in [-0.05, 0) is 41.8 Å². The molecule has 122 valence electrons. The molecule has 1 N–H and O–H groups in total. The van der Waals surface area contributed by atoms with Crippen molar-refractivity contribution in [1.82, 2.24) is 4.90 Å². The molecule has 22 heavy (non-hydrogen) atoms. The van der Waals surface area contributed by atoms with Crippen LogP contribution in [0.4, 0.5) is 13.2 Å². The number of benzene rings is 1. The molecule has 1 aliphatic rings. The molecule has 0 aromatic heterocycles. The van der Waals surface area contributed by atoms with Gasteiger partial charge in [-0.2, -0.15) is 13.2 Å². The van der Waals surface area contributed by atoms with E-state index in [1.165, 1.54) is 12.1 Å². The van der Waals surface area contributed by atoms with E-state index in [-0.39, 0.29) is 22.6 Å². The van der Waals surface area contributed by atoms with Gasteiger partial charge in [-0.15, -0.1) is 0 Å². The van der Waals surface area contributed by atoms with E-state index in [1.54, 1.807) is 12.1 Å². The predicted molar refractivity (Wildman–Crippen MR) is 78.5 cm³/mol. The Labute approximate surface area is 131 Å². The zero-order valence-electron chi connectivity index (χ0n) is 12.1. The van der Waals surface area contributed by atoms with Crippen LogP contribution in [0.1, 0.15) is 18.9 Å². The third kappa shape index (κ3) is 5.21. The van der Waals surface area contributed by atoms with Crippen molar-refractivity contribution in [3.63, 3.8) is 0 Å². The van der Waals surface area contributed by atoms with Gasteiger partial charge >= 0.3 is 11.5 Å². The maximum absolute atomic E-state index is 12.3. The summed E-state index contributed by atoms with van der Waals surface area (Å²) in [6.45, 7) is 3.87. The van der Waals surface area contributed by atoms with Gasteiger partial charge in [0, 0.05) is 24.5 Å². The fourth-order valence-corrected chi connectivity index (χ4v) is 3.36. The minimum atomic E-state index is -4.28. The van der Waals surface area contributed by atoms with Gasteiger partial charge in [-0.25, -0.2) is 0 Å². The van der Waals surface area contributed by atoms with Crippen LogP contribution in [-0.4, -0.2) is 34.6 Å². The van der Waals surface area contributed by atoms with Crippen LogP contribution in [0.15, 0.2) is 29.2 Å². The van der Waals surface area contributed by atoms with Crippen LogP contribution < -0.4 is 0 Å². The quantitative estimate of drug-likeness (QED) is 0.850. The zero-order chi connectivity index (χ0) is 16.3. The van der Waals surface area contributed by atoms with E-state index in [0.29, 0.717) is 25.4 Å². The van der Waals surface area contributed by atoms with Crippen molar-refractivity contribution in [3.05, 3.63) is 29.8 Å². The molecule has 0 bridgehead atoms. The molecule has 1 heterocycles. The third-order valence-electron chi connectivity index (χ3n) is 3.65. The SMILES string of the molecule is CC1CC(C(=O)O)CN(Cc2ccc(SC(F)(F)F)cc2)C1. The van der Waals surface area contributed by atoms with Crippen molar-refractivity contribution in [2.45, 2.75) is 30.3 Å². The van der Waals surface area contributed by atoms with Crippen LogP contribution in [0.2, 0.25) is 0 Å². The van der Waals surface area contributed by atoms with Gasteiger partial charge in [-0.3, -0.25) is 9.69 Å². The number of hydrogen-bond acceptors (Lipinski definition) is 3. The summed E-state index contributed by atoms with van der Waals surface area (Å²) in [5.74, 6) is -0.854. The van der Waals surface area contributed by atoms with Gasteiger partial charge in [0.2, 0.25) is 0 Å². The minimum Gasteiger partial charge on any atom is -0.481 e. The van der Waals surface area contributed by atoms with Crippen molar-refractivity contribution >= 4 is 17.7 Å². The number of halogens is 3. The molecule has 0 amide bonds. The van der Waals surface area contributed by atoms with E-state index in [0.717, 1.165) is 12.1 Å². The van der Waals surface area contributed by atoms with Gasteiger partial charge in [0.1, 0.15) is 0 Å². The lowest BCUT2D eigenvalue weighted by Gasteiger charge is -2.34. The van der Waals surface area contributed by atoms with Crippen LogP contribution in [0.5, 0.6) is 0 Å². The predicted octanol–water partition coefficient (Wildman–Crippen LogP) is 3.84. The average Bonchev–Trinajstić information content (AvgIpc) is 2.38. The lowest BCUT2D eigenvalue weighted by molar-refractivity contribution is -0.144. The molecule has 0 aliphatic carbocycles. The van der Waals surface area contributed by atoms with E-state index in [9.17, 15) is 18.0 Å². The van der Waals surface area contributed by atoms with Crippen molar-refractivity contribution in [2.75, 3.05) is 13.1 Å². The lowest BCUT2D eigenvalue weighted by Crippen LogP contribution is -2.41. The molecular formula is C15H18F3NO2S. The van der Waals surface area contributed by atoms with Gasteiger partial charge < -0.3 is 5.11 Å². The highest BCUT2D eigenvalue weighted by atomic mass is 32.2. The summed E-state index contributed by atoms with van der Waals surface area (Å²) in [5, 5.41) is 9.15. The highest BCUT2D eigenvalue weighted by Gasteiger charge is 2.30. The molecule has 3 nitrogen and oxygen atoms in total. The number of alkyl halides is 3. The number of nitrogens with zero attached hydrogens (tertiary/aromatic N) is 1. The van der Waals surface area contributed by atoms with Gasteiger partial charge in [0.05, 0.1) is 5.92 Å². The smallest absolute Gasteiger partial charge is 0.446 e. The van der Waals surface area contributed by atoms with Crippen LogP contribution in [0.25, 0.3) is 0 Å². The Morgan fingerprint density at radius 2 is 1.95 bits per heavy atom. The van der Waals surface area contributed by atoms with Crippen LogP contribution in [0.3, 0.4) is 0 Å². The molecule has 2 rings (SSSR count). The first-order chi connectivity index (χ1) is 10.2. The summed E-state index contributed by atoms with van der Waals surface area (Å²) in [7, 11) is 0. The summed E-state index contributed by atoms with van der Waals surface area (Å²) in [5.41, 5.74) is -3.39. The average molecular weight is 333 g/mol. The molecule has 0 saturated carbocycles. The van der Waals surface area contributed by atoms with Crippen LogP contribution >= 0.6 is 11.8 Å². The van der Waals surface area contributed by atoms with Gasteiger partial charge in [-0.1, -0.05) is 19.1 Å². The molecule has 1 saturated heterocycles. The topological polar surface area (TPSA) is 40.5 Å². The highest BCUT2D eigenvalue weighted by Crippen LogP contribution is 2.36. The number of rotatable bonds is 4. The Balaban J connectivity index is 1.97. The highest BCUT2D eigenvalue weighted by molar-refractivity contribution is 8.00. The van der Waals surface area contributed by atoms with E-state index in [2.05, 4.69) is 4.90 Å². The standard InChI is InChI=1S/C15H18F3NO2S/c1-10-6-12(14(20)21)9-19(7-10)8-11-2-4-13(5-3-11)22-15(16,17)18/h2-5,10,12H,6-9H2,1H3,(H,20,21). The maximum Gasteiger partial charge on any atom is 0.446 e. The second kappa shape index (κ2) is 6.91. The second-order valence-corrected chi connectivity index (χ2v) is 6.90. The number of carboxylic acid groups (broad SMARTS) is 1. The maximum atomic E-state index is 12.3. The summed E-state index contributed by atoms with van der Waals surface area (Å²) in [6, 6.07) is 6.25. The number of likely N-dealkylation sites (tertiary alicyclic amines) is 1. The molecule has 1 aliphatic heterocycles. The first-order valence-corrected chi connectivity index (χ1v) is 7.84. The molecular weight excluding hydrogens is 315 g/mol. The van der Waals surface area contributed by atoms with Crippen LogP contribution in [-0.2, 0) is 11.3 Å². The summed E-state index contributed by atoms with van der Waals surface area (Å²) in [6.07, 6.45) is 0.674. The Morgan fingerprint density at radius 3 is 2.50 bits per heavy atom. The number of aliphatic carboxylic acids is 1. The fraction of sp³-hybridized carbons (Fsp3) is 0.533. The molecule has 1 aromatic carbocycles. The van der Waals surface area contributed by atoms with Gasteiger partial charge in [0.25, 0.3) is 0 Å². The normalized spacial score (nSPS) is 23.5. The molecule has 0 spiro atoms. The van der Waals surface area contributed by atoms with Gasteiger partial charge in [0.15, 0.2) is 0 Å². The Morgan fingerprint density at radius 1 is 1.32 bits per heavy atom. The second-order valence-electron chi connectivity index (χ2n) is 5.76. The van der Waals surface area contributed by atoms with E-state index < -0.39 is 11.5 Å². The number of carboxylic acids is 1. The third-order valence-corrected chi connectivity index (χ3v) is 4.39. The molecule has 1 fully saturated rings. The first kappa shape index (κ1) is 17.1. The first-order valence-electron chi connectivity index (χ1n) is 7.03. The van der Waals surface area contributed by atoms with E-state index >= 15 is 0 Å². The summed E-state index contributed by atoms with van der Waals surface area (Å²) >= 11 is -0.131. The van der Waals surface area contributed by atoms with Crippen molar-refractivity contribution < 1.29 is 23.1 Å². The monoisotopic (exact) mass is 333 g/mol. The Bertz CT molecular complexity index is 519. The number of piperidine rings is 1. The Hall–Kier alpha value is -1.21. The molecule has 0 radical (unpaired) electrons. The molecule has 2 unspecified atom stereocenters. The van der Waals surface area contributed by atoms with Crippen molar-refractivity contribution in [2.24, 2.45) is 11.8 Å². The fourth-order valence-electron chi connectivity index (χ4n) is 2.82. The van der Waals surface area contributed by atoms with E-state index in [1.807, 2.05) is 6.92 Å². The van der Waals surface area contributed by atoms with Crippen LogP contribution in [0, 0.1) is 11.8 Å². The largest absolute Gasteiger partial charge is 0.481 e. The van der Waals surface area contributed by atoms with Crippen molar-refractivity contribution in [3.8, 4) is 0 Å². The van der Waals surface area contributed by atoms with Crippen molar-refractivity contribution in [1.29, 1.82) is 0 Å².